The summed E-state index contributed by atoms with van der Waals surface area (Å²) in [5.74, 6) is 0. The van der Waals surface area contributed by atoms with E-state index in [9.17, 15) is 0 Å². The topological polar surface area (TPSA) is 52.0 Å². The Labute approximate surface area is 102 Å². The normalized spacial score (nSPS) is 10.5. The lowest BCUT2D eigenvalue weighted by Gasteiger charge is -2.11. The predicted octanol–water partition coefficient (Wildman–Crippen LogP) is 3.06. The third-order valence-electron chi connectivity index (χ3n) is 3.12. The number of hydrogen-bond donors (Lipinski definition) is 2. The van der Waals surface area contributed by atoms with Gasteiger partial charge in [-0.3, -0.25) is 0 Å². The van der Waals surface area contributed by atoms with Crippen LogP contribution in [0.5, 0.6) is 0 Å². The molecule has 0 aliphatic carbocycles. The SMILES string of the molecule is Cc1ccc(C)c(Cc2cccc(N)c2N)c1. The Balaban J connectivity index is 2.38. The van der Waals surface area contributed by atoms with Gasteiger partial charge >= 0.3 is 0 Å². The van der Waals surface area contributed by atoms with E-state index in [-0.39, 0.29) is 0 Å². The molecule has 0 saturated heterocycles. The summed E-state index contributed by atoms with van der Waals surface area (Å²) in [6.07, 6.45) is 0.838. The highest BCUT2D eigenvalue weighted by Crippen LogP contribution is 2.24. The van der Waals surface area contributed by atoms with Gasteiger partial charge in [-0.15, -0.1) is 0 Å². The van der Waals surface area contributed by atoms with E-state index >= 15 is 0 Å². The minimum absolute atomic E-state index is 0.660. The molecule has 0 bridgehead atoms. The molecule has 0 fully saturated rings. The van der Waals surface area contributed by atoms with Crippen molar-refractivity contribution >= 4 is 11.4 Å². The van der Waals surface area contributed by atoms with Crippen LogP contribution in [-0.2, 0) is 6.42 Å². The molecule has 0 heterocycles. The fourth-order valence-electron chi connectivity index (χ4n) is 1.98. The van der Waals surface area contributed by atoms with E-state index in [0.29, 0.717) is 11.4 Å². The van der Waals surface area contributed by atoms with Crippen LogP contribution in [0.4, 0.5) is 11.4 Å². The van der Waals surface area contributed by atoms with Gasteiger partial charge in [0.1, 0.15) is 0 Å². The molecule has 0 amide bonds. The average molecular weight is 226 g/mol. The van der Waals surface area contributed by atoms with Gasteiger partial charge in [0, 0.05) is 0 Å². The highest BCUT2D eigenvalue weighted by atomic mass is 14.7. The number of benzene rings is 2. The first kappa shape index (κ1) is 11.5. The molecule has 0 aromatic heterocycles. The maximum absolute atomic E-state index is 5.99. The summed E-state index contributed by atoms with van der Waals surface area (Å²) in [4.78, 5) is 0. The van der Waals surface area contributed by atoms with Crippen LogP contribution < -0.4 is 11.5 Å². The third kappa shape index (κ3) is 2.41. The van der Waals surface area contributed by atoms with Crippen LogP contribution >= 0.6 is 0 Å². The minimum atomic E-state index is 0.660. The van der Waals surface area contributed by atoms with Crippen molar-refractivity contribution in [3.63, 3.8) is 0 Å². The van der Waals surface area contributed by atoms with E-state index in [1.165, 1.54) is 16.7 Å². The predicted molar refractivity (Wildman–Crippen MR) is 74.0 cm³/mol. The summed E-state index contributed by atoms with van der Waals surface area (Å²) in [5.41, 5.74) is 18.1. The molecule has 2 heteroatoms. The standard InChI is InChI=1S/C15H18N2/c1-10-6-7-11(2)13(8-10)9-12-4-3-5-14(16)15(12)17/h3-8H,9,16-17H2,1-2H3. The number of hydrogen-bond acceptors (Lipinski definition) is 2. The first-order valence-electron chi connectivity index (χ1n) is 5.77. The van der Waals surface area contributed by atoms with Crippen LogP contribution in [0.1, 0.15) is 22.3 Å². The molecular weight excluding hydrogens is 208 g/mol. The number of aryl methyl sites for hydroxylation is 2. The quantitative estimate of drug-likeness (QED) is 0.773. The fourth-order valence-corrected chi connectivity index (χ4v) is 1.98. The van der Waals surface area contributed by atoms with Crippen molar-refractivity contribution in [1.29, 1.82) is 0 Å². The Hall–Kier alpha value is -1.96. The minimum Gasteiger partial charge on any atom is -0.397 e. The van der Waals surface area contributed by atoms with Crippen LogP contribution in [0.2, 0.25) is 0 Å². The molecule has 2 nitrogen and oxygen atoms in total. The second kappa shape index (κ2) is 4.50. The van der Waals surface area contributed by atoms with Gasteiger partial charge in [0.25, 0.3) is 0 Å². The highest BCUT2D eigenvalue weighted by molar-refractivity contribution is 5.67. The largest absolute Gasteiger partial charge is 0.397 e. The Kier molecular flexibility index (Phi) is 3.05. The van der Waals surface area contributed by atoms with Crippen LogP contribution in [0, 0.1) is 13.8 Å². The van der Waals surface area contributed by atoms with Crippen molar-refractivity contribution in [1.82, 2.24) is 0 Å². The van der Waals surface area contributed by atoms with Crippen molar-refractivity contribution in [3.8, 4) is 0 Å². The van der Waals surface area contributed by atoms with E-state index < -0.39 is 0 Å². The van der Waals surface area contributed by atoms with E-state index in [4.69, 9.17) is 11.5 Å². The summed E-state index contributed by atoms with van der Waals surface area (Å²) in [6.45, 7) is 4.23. The van der Waals surface area contributed by atoms with Crippen LogP contribution in [0.3, 0.4) is 0 Å². The van der Waals surface area contributed by atoms with Crippen molar-refractivity contribution in [2.45, 2.75) is 20.3 Å². The molecule has 2 rings (SSSR count). The second-order valence-electron chi connectivity index (χ2n) is 4.53. The first-order chi connectivity index (χ1) is 8.08. The lowest BCUT2D eigenvalue weighted by Crippen LogP contribution is -2.01. The lowest BCUT2D eigenvalue weighted by atomic mass is 9.97. The summed E-state index contributed by atoms with van der Waals surface area (Å²) < 4.78 is 0. The van der Waals surface area contributed by atoms with Gasteiger partial charge in [-0.25, -0.2) is 0 Å². The number of anilines is 2. The van der Waals surface area contributed by atoms with Crippen molar-refractivity contribution in [2.24, 2.45) is 0 Å². The third-order valence-corrected chi connectivity index (χ3v) is 3.12. The zero-order chi connectivity index (χ0) is 12.4. The van der Waals surface area contributed by atoms with Gasteiger partial charge in [0.05, 0.1) is 11.4 Å². The summed E-state index contributed by atoms with van der Waals surface area (Å²) in [6, 6.07) is 12.3. The molecule has 0 spiro atoms. The van der Waals surface area contributed by atoms with E-state index in [1.807, 2.05) is 18.2 Å². The number of nitrogens with two attached hydrogens (primary N) is 2. The average Bonchev–Trinajstić information content (AvgIpc) is 2.30. The van der Waals surface area contributed by atoms with E-state index in [2.05, 4.69) is 32.0 Å². The highest BCUT2D eigenvalue weighted by Gasteiger charge is 2.05. The smallest absolute Gasteiger partial charge is 0.0583 e. The number of rotatable bonds is 2. The van der Waals surface area contributed by atoms with Crippen molar-refractivity contribution in [2.75, 3.05) is 11.5 Å². The molecule has 0 unspecified atom stereocenters. The fraction of sp³-hybridized carbons (Fsp3) is 0.200. The van der Waals surface area contributed by atoms with Crippen LogP contribution in [0.15, 0.2) is 36.4 Å². The molecule has 88 valence electrons. The molecule has 2 aromatic carbocycles. The van der Waals surface area contributed by atoms with Gasteiger partial charge in [0.2, 0.25) is 0 Å². The molecule has 0 aliphatic rings. The number of para-hydroxylation sites is 1. The van der Waals surface area contributed by atoms with Gasteiger partial charge in [-0.2, -0.15) is 0 Å². The van der Waals surface area contributed by atoms with Crippen molar-refractivity contribution in [3.05, 3.63) is 58.7 Å². The zero-order valence-electron chi connectivity index (χ0n) is 10.3. The van der Waals surface area contributed by atoms with Crippen LogP contribution in [0.25, 0.3) is 0 Å². The summed E-state index contributed by atoms with van der Waals surface area (Å²) in [7, 11) is 0. The number of nitrogen functional groups attached to an aromatic ring is 2. The molecule has 0 saturated carbocycles. The molecule has 0 radical (unpaired) electrons. The van der Waals surface area contributed by atoms with E-state index in [1.54, 1.807) is 0 Å². The zero-order valence-corrected chi connectivity index (χ0v) is 10.3. The van der Waals surface area contributed by atoms with E-state index in [0.717, 1.165) is 12.0 Å². The Morgan fingerprint density at radius 1 is 0.941 bits per heavy atom. The Morgan fingerprint density at radius 2 is 1.71 bits per heavy atom. The Morgan fingerprint density at radius 3 is 2.47 bits per heavy atom. The molecule has 17 heavy (non-hydrogen) atoms. The summed E-state index contributed by atoms with van der Waals surface area (Å²) in [5, 5.41) is 0. The van der Waals surface area contributed by atoms with Gasteiger partial charge in [0.15, 0.2) is 0 Å². The maximum Gasteiger partial charge on any atom is 0.0583 e. The van der Waals surface area contributed by atoms with Crippen molar-refractivity contribution < 1.29 is 0 Å². The van der Waals surface area contributed by atoms with Gasteiger partial charge in [-0.05, 0) is 43.0 Å². The monoisotopic (exact) mass is 226 g/mol. The van der Waals surface area contributed by atoms with Gasteiger partial charge in [-0.1, -0.05) is 35.9 Å². The molecular formula is C15H18N2. The van der Waals surface area contributed by atoms with Crippen LogP contribution in [-0.4, -0.2) is 0 Å². The molecule has 0 atom stereocenters. The molecule has 4 N–H and O–H groups in total. The first-order valence-corrected chi connectivity index (χ1v) is 5.77. The van der Waals surface area contributed by atoms with Gasteiger partial charge < -0.3 is 11.5 Å². The lowest BCUT2D eigenvalue weighted by molar-refractivity contribution is 1.15. The summed E-state index contributed by atoms with van der Waals surface area (Å²) >= 11 is 0. The second-order valence-corrected chi connectivity index (χ2v) is 4.53. The molecule has 0 aliphatic heterocycles. The Bertz CT molecular complexity index is 545. The molecule has 2 aromatic rings. The maximum atomic E-state index is 5.99.